The van der Waals surface area contributed by atoms with Crippen molar-refractivity contribution in [1.82, 2.24) is 9.88 Å². The summed E-state index contributed by atoms with van der Waals surface area (Å²) >= 11 is 9.49. The van der Waals surface area contributed by atoms with Gasteiger partial charge in [-0.15, -0.1) is 24.2 Å². The van der Waals surface area contributed by atoms with Crippen LogP contribution >= 0.6 is 47.1 Å². The minimum absolute atomic E-state index is 0. The fourth-order valence-corrected chi connectivity index (χ4v) is 5.17. The summed E-state index contributed by atoms with van der Waals surface area (Å²) in [6, 6.07) is 11.6. The van der Waals surface area contributed by atoms with Crippen molar-refractivity contribution in [3.8, 4) is 0 Å². The summed E-state index contributed by atoms with van der Waals surface area (Å²) in [5.41, 5.74) is 2.64. The zero-order valence-corrected chi connectivity index (χ0v) is 20.9. The molecule has 0 N–H and O–H groups in total. The molecule has 0 atom stereocenters. The molecule has 0 radical (unpaired) electrons. The summed E-state index contributed by atoms with van der Waals surface area (Å²) in [6.45, 7) is 9.57. The molecule has 2 aromatic carbocycles. The third-order valence-corrected chi connectivity index (χ3v) is 7.37. The van der Waals surface area contributed by atoms with Crippen molar-refractivity contribution in [3.05, 3.63) is 52.5 Å². The number of nitrogens with zero attached hydrogens (tertiary/aromatic N) is 3. The molecule has 0 bridgehead atoms. The van der Waals surface area contributed by atoms with Crippen LogP contribution in [0.1, 0.15) is 29.8 Å². The fraction of sp³-hybridized carbons (Fsp3) is 0.364. The van der Waals surface area contributed by atoms with Crippen LogP contribution in [-0.4, -0.2) is 48.2 Å². The third-order valence-electron chi connectivity index (χ3n) is 5.03. The Labute approximate surface area is 198 Å². The van der Waals surface area contributed by atoms with E-state index in [1.807, 2.05) is 54.5 Å². The van der Waals surface area contributed by atoms with Crippen molar-refractivity contribution in [3.63, 3.8) is 0 Å². The molecule has 3 aromatic rings. The van der Waals surface area contributed by atoms with Crippen molar-refractivity contribution in [2.24, 2.45) is 0 Å². The quantitative estimate of drug-likeness (QED) is 0.347. The first-order chi connectivity index (χ1) is 14.0. The predicted molar refractivity (Wildman–Crippen MR) is 134 cm³/mol. The molecule has 1 heterocycles. The van der Waals surface area contributed by atoms with Gasteiger partial charge in [0.05, 0.1) is 20.8 Å². The van der Waals surface area contributed by atoms with Gasteiger partial charge in [-0.1, -0.05) is 55.0 Å². The van der Waals surface area contributed by atoms with E-state index < -0.39 is 0 Å². The molecule has 8 heteroatoms. The maximum atomic E-state index is 13.6. The van der Waals surface area contributed by atoms with Gasteiger partial charge < -0.3 is 4.90 Å². The number of amides is 1. The van der Waals surface area contributed by atoms with Gasteiger partial charge in [-0.05, 0) is 50.0 Å². The maximum Gasteiger partial charge on any atom is 0.261 e. The largest absolute Gasteiger partial charge is 0.302 e. The highest BCUT2D eigenvalue weighted by Crippen LogP contribution is 2.36. The minimum Gasteiger partial charge on any atom is -0.302 e. The fourth-order valence-electron chi connectivity index (χ4n) is 3.24. The van der Waals surface area contributed by atoms with E-state index >= 15 is 0 Å². The van der Waals surface area contributed by atoms with Gasteiger partial charge in [-0.3, -0.25) is 9.69 Å². The lowest BCUT2D eigenvalue weighted by molar-refractivity contribution is 0.0981. The molecule has 0 spiro atoms. The Morgan fingerprint density at radius 2 is 1.83 bits per heavy atom. The first-order valence-corrected chi connectivity index (χ1v) is 12.1. The molecule has 162 valence electrons. The second-order valence-corrected chi connectivity index (χ2v) is 8.96. The number of carbonyl (C=O) groups is 1. The highest BCUT2D eigenvalue weighted by molar-refractivity contribution is 7.98. The van der Waals surface area contributed by atoms with Crippen LogP contribution in [0.5, 0.6) is 0 Å². The van der Waals surface area contributed by atoms with Crippen LogP contribution in [-0.2, 0) is 0 Å². The lowest BCUT2D eigenvalue weighted by Crippen LogP contribution is -2.39. The number of fused-ring (bicyclic) bond motifs is 1. The van der Waals surface area contributed by atoms with Gasteiger partial charge in [0.15, 0.2) is 5.13 Å². The van der Waals surface area contributed by atoms with Crippen molar-refractivity contribution < 1.29 is 4.79 Å². The Kier molecular flexibility index (Phi) is 9.44. The molecule has 0 unspecified atom stereocenters. The number of aromatic nitrogens is 1. The molecule has 30 heavy (non-hydrogen) atoms. The van der Waals surface area contributed by atoms with Gasteiger partial charge in [0.25, 0.3) is 5.91 Å². The summed E-state index contributed by atoms with van der Waals surface area (Å²) < 4.78 is 0.931. The number of aryl methyl sites for hydroxylation is 1. The van der Waals surface area contributed by atoms with Gasteiger partial charge in [-0.25, -0.2) is 4.98 Å². The first kappa shape index (κ1) is 25.0. The topological polar surface area (TPSA) is 36.4 Å². The minimum atomic E-state index is -0.0186. The molecule has 4 nitrogen and oxygen atoms in total. The standard InChI is InChI=1S/C22H26ClN3OS2.ClH/c1-5-25(6-2)13-14-26(21(27)16-9-7-8-10-18(16)28-4)22-24-19-15(3)11-12-17(23)20(19)29-22;/h7-12H,5-6,13-14H2,1-4H3;1H. The van der Waals surface area contributed by atoms with Gasteiger partial charge in [0, 0.05) is 18.0 Å². The average Bonchev–Trinajstić information content (AvgIpc) is 3.20. The molecule has 0 saturated heterocycles. The Hall–Kier alpha value is -1.31. The van der Waals surface area contributed by atoms with Crippen molar-refractivity contribution in [2.75, 3.05) is 37.3 Å². The van der Waals surface area contributed by atoms with E-state index in [1.165, 1.54) is 11.3 Å². The number of benzene rings is 2. The zero-order chi connectivity index (χ0) is 21.0. The maximum absolute atomic E-state index is 13.6. The van der Waals surface area contributed by atoms with E-state index in [0.717, 1.165) is 40.3 Å². The van der Waals surface area contributed by atoms with Crippen LogP contribution in [0.2, 0.25) is 5.02 Å². The van der Waals surface area contributed by atoms with Crippen molar-refractivity contribution in [2.45, 2.75) is 25.7 Å². The highest BCUT2D eigenvalue weighted by Gasteiger charge is 2.24. The molecule has 3 rings (SSSR count). The van der Waals surface area contributed by atoms with E-state index in [2.05, 4.69) is 18.7 Å². The molecule has 0 aliphatic carbocycles. The van der Waals surface area contributed by atoms with Crippen molar-refractivity contribution in [1.29, 1.82) is 0 Å². The van der Waals surface area contributed by atoms with Gasteiger partial charge in [-0.2, -0.15) is 0 Å². The summed E-state index contributed by atoms with van der Waals surface area (Å²) in [4.78, 5) is 23.5. The Bertz CT molecular complexity index is 966. The SMILES string of the molecule is CCN(CC)CCN(C(=O)c1ccccc1SC)c1nc2c(C)ccc(Cl)c2s1.Cl. The van der Waals surface area contributed by atoms with Crippen molar-refractivity contribution >= 4 is 68.4 Å². The number of thiazole rings is 1. The van der Waals surface area contributed by atoms with Gasteiger partial charge in [0.2, 0.25) is 0 Å². The third kappa shape index (κ3) is 5.29. The Morgan fingerprint density at radius 1 is 1.13 bits per heavy atom. The van der Waals surface area contributed by atoms with Crippen LogP contribution in [0.3, 0.4) is 0 Å². The van der Waals surface area contributed by atoms with E-state index in [-0.39, 0.29) is 18.3 Å². The molecule has 1 amide bonds. The predicted octanol–water partition coefficient (Wildman–Crippen LogP) is 6.39. The summed E-state index contributed by atoms with van der Waals surface area (Å²) in [5.74, 6) is -0.0186. The van der Waals surface area contributed by atoms with E-state index in [4.69, 9.17) is 16.6 Å². The van der Waals surface area contributed by atoms with Crippen LogP contribution < -0.4 is 4.90 Å². The molecule has 0 saturated carbocycles. The zero-order valence-electron chi connectivity index (χ0n) is 17.6. The molecular weight excluding hydrogens is 457 g/mol. The number of thioether (sulfide) groups is 1. The van der Waals surface area contributed by atoms with E-state index in [9.17, 15) is 4.79 Å². The number of rotatable bonds is 8. The Balaban J connectivity index is 0.00000320. The number of hydrogen-bond donors (Lipinski definition) is 0. The van der Waals surface area contributed by atoms with Crippen LogP contribution in [0.25, 0.3) is 10.2 Å². The summed E-state index contributed by atoms with van der Waals surface area (Å²) in [7, 11) is 0. The average molecular weight is 485 g/mol. The summed E-state index contributed by atoms with van der Waals surface area (Å²) in [5, 5.41) is 1.37. The number of likely N-dealkylation sites (N-methyl/N-ethyl adjacent to an activating group) is 1. The van der Waals surface area contributed by atoms with Crippen LogP contribution in [0, 0.1) is 6.92 Å². The summed E-state index contributed by atoms with van der Waals surface area (Å²) in [6.07, 6.45) is 1.99. The molecule has 0 fully saturated rings. The van der Waals surface area contributed by atoms with Gasteiger partial charge >= 0.3 is 0 Å². The first-order valence-electron chi connectivity index (χ1n) is 9.73. The second-order valence-electron chi connectivity index (χ2n) is 6.72. The monoisotopic (exact) mass is 483 g/mol. The number of halogens is 2. The molecule has 0 aliphatic rings. The van der Waals surface area contributed by atoms with Gasteiger partial charge in [0.1, 0.15) is 0 Å². The lowest BCUT2D eigenvalue weighted by atomic mass is 10.2. The van der Waals surface area contributed by atoms with Crippen LogP contribution in [0.4, 0.5) is 5.13 Å². The van der Waals surface area contributed by atoms with Crippen LogP contribution in [0.15, 0.2) is 41.3 Å². The number of anilines is 1. The van der Waals surface area contributed by atoms with E-state index in [0.29, 0.717) is 22.3 Å². The molecule has 0 aliphatic heterocycles. The van der Waals surface area contributed by atoms with E-state index in [1.54, 1.807) is 11.8 Å². The smallest absolute Gasteiger partial charge is 0.261 e. The lowest BCUT2D eigenvalue weighted by Gasteiger charge is -2.25. The normalized spacial score (nSPS) is 11.0. The highest BCUT2D eigenvalue weighted by atomic mass is 35.5. The second kappa shape index (κ2) is 11.3. The molecular formula is C22H27Cl2N3OS2. The number of carbonyl (C=O) groups excluding carboxylic acids is 1. The Morgan fingerprint density at radius 3 is 2.47 bits per heavy atom. The molecule has 1 aromatic heterocycles. The number of hydrogen-bond acceptors (Lipinski definition) is 5.